The molecule has 0 saturated carbocycles. The summed E-state index contributed by atoms with van der Waals surface area (Å²) < 4.78 is 13.6. The Morgan fingerprint density at radius 3 is 2.78 bits per heavy atom. The lowest BCUT2D eigenvalue weighted by Crippen LogP contribution is -2.33. The number of nitrogens with zero attached hydrogens (tertiary/aromatic N) is 1. The Bertz CT molecular complexity index is 394. The van der Waals surface area contributed by atoms with Crippen molar-refractivity contribution in [2.75, 3.05) is 18.4 Å². The van der Waals surface area contributed by atoms with E-state index >= 15 is 0 Å². The van der Waals surface area contributed by atoms with Gasteiger partial charge in [-0.2, -0.15) is 0 Å². The molecule has 0 heterocycles. The Hall–Kier alpha value is -0.610. The molecule has 2 nitrogen and oxygen atoms in total. The molecular formula is C13H16BrClFNO. The molecule has 1 aromatic rings. The minimum atomic E-state index is -0.424. The highest BCUT2D eigenvalue weighted by atomic mass is 79.9. The largest absolute Gasteiger partial charge is 0.343 e. The zero-order valence-electron chi connectivity index (χ0n) is 10.3. The molecule has 0 aliphatic heterocycles. The van der Waals surface area contributed by atoms with Gasteiger partial charge in [0.05, 0.1) is 6.42 Å². The van der Waals surface area contributed by atoms with Crippen molar-refractivity contribution in [3.8, 4) is 0 Å². The number of benzene rings is 1. The quantitative estimate of drug-likeness (QED) is 0.726. The van der Waals surface area contributed by atoms with Crippen LogP contribution in [0.3, 0.4) is 0 Å². The van der Waals surface area contributed by atoms with Crippen LogP contribution in [0, 0.1) is 5.82 Å². The number of hydrogen-bond acceptors (Lipinski definition) is 1. The lowest BCUT2D eigenvalue weighted by Gasteiger charge is -2.20. The molecule has 18 heavy (non-hydrogen) atoms. The Balaban J connectivity index is 2.73. The van der Waals surface area contributed by atoms with Crippen LogP contribution in [0.4, 0.5) is 4.39 Å². The second-order valence-corrected chi connectivity index (χ2v) is 5.09. The Morgan fingerprint density at radius 1 is 1.50 bits per heavy atom. The average molecular weight is 337 g/mol. The fraction of sp³-hybridized carbons (Fsp3) is 0.462. The van der Waals surface area contributed by atoms with Crippen molar-refractivity contribution in [2.24, 2.45) is 0 Å². The van der Waals surface area contributed by atoms with Gasteiger partial charge in [0, 0.05) is 29.0 Å². The molecule has 0 spiro atoms. The fourth-order valence-electron chi connectivity index (χ4n) is 1.67. The minimum absolute atomic E-state index is 0.0155. The molecular weight excluding hydrogens is 321 g/mol. The van der Waals surface area contributed by atoms with E-state index in [1.165, 1.54) is 12.1 Å². The molecule has 5 heteroatoms. The van der Waals surface area contributed by atoms with Gasteiger partial charge in [-0.1, -0.05) is 33.6 Å². The summed E-state index contributed by atoms with van der Waals surface area (Å²) in [6, 6.07) is 4.46. The fourth-order valence-corrected chi connectivity index (χ4v) is 2.15. The van der Waals surface area contributed by atoms with Gasteiger partial charge in [0.2, 0.25) is 5.91 Å². The summed E-state index contributed by atoms with van der Waals surface area (Å²) in [7, 11) is 0. The molecule has 1 aromatic carbocycles. The molecule has 0 aromatic heterocycles. The zero-order valence-corrected chi connectivity index (χ0v) is 12.6. The van der Waals surface area contributed by atoms with E-state index in [1.54, 1.807) is 11.0 Å². The molecule has 1 rings (SSSR count). The number of rotatable bonds is 6. The van der Waals surface area contributed by atoms with E-state index in [2.05, 4.69) is 15.9 Å². The number of alkyl halides is 1. The van der Waals surface area contributed by atoms with Crippen LogP contribution in [-0.4, -0.2) is 29.2 Å². The summed E-state index contributed by atoms with van der Waals surface area (Å²) in [5.41, 5.74) is 0.279. The number of halogens is 3. The van der Waals surface area contributed by atoms with Crippen LogP contribution in [-0.2, 0) is 11.2 Å². The van der Waals surface area contributed by atoms with Gasteiger partial charge in [-0.25, -0.2) is 4.39 Å². The molecule has 0 atom stereocenters. The number of likely N-dealkylation sites (N-methyl/N-ethyl adjacent to an activating group) is 1. The summed E-state index contributed by atoms with van der Waals surface area (Å²) in [4.78, 5) is 13.8. The van der Waals surface area contributed by atoms with Crippen molar-refractivity contribution in [3.63, 3.8) is 0 Å². The third-order valence-corrected chi connectivity index (χ3v) is 3.60. The first-order chi connectivity index (χ1) is 8.60. The molecule has 0 saturated heterocycles. The van der Waals surface area contributed by atoms with Gasteiger partial charge in [-0.3, -0.25) is 4.79 Å². The van der Waals surface area contributed by atoms with Gasteiger partial charge < -0.3 is 4.90 Å². The number of carbonyl (C=O) groups excluding carboxylic acids is 1. The third kappa shape index (κ3) is 4.25. The summed E-state index contributed by atoms with van der Waals surface area (Å²) in [5.74, 6) is -0.516. The zero-order chi connectivity index (χ0) is 13.5. The summed E-state index contributed by atoms with van der Waals surface area (Å²) in [6.07, 6.45) is 0.895. The maximum atomic E-state index is 13.6. The number of amides is 1. The van der Waals surface area contributed by atoms with Crippen molar-refractivity contribution in [1.82, 2.24) is 4.90 Å². The van der Waals surface area contributed by atoms with Gasteiger partial charge in [0.1, 0.15) is 5.82 Å². The van der Waals surface area contributed by atoms with Crippen molar-refractivity contribution in [2.45, 2.75) is 19.8 Å². The second kappa shape index (κ2) is 7.74. The third-order valence-electron chi connectivity index (χ3n) is 2.69. The highest BCUT2D eigenvalue weighted by molar-refractivity contribution is 9.09. The predicted octanol–water partition coefficient (Wildman–Crippen LogP) is 3.66. The maximum absolute atomic E-state index is 13.6. The van der Waals surface area contributed by atoms with Gasteiger partial charge >= 0.3 is 0 Å². The highest BCUT2D eigenvalue weighted by Gasteiger charge is 2.16. The van der Waals surface area contributed by atoms with Crippen molar-refractivity contribution in [1.29, 1.82) is 0 Å². The molecule has 0 aliphatic rings. The van der Waals surface area contributed by atoms with Crippen LogP contribution in [0.2, 0.25) is 5.02 Å². The summed E-state index contributed by atoms with van der Waals surface area (Å²) in [5, 5.41) is 1.15. The van der Waals surface area contributed by atoms with Crippen LogP contribution in [0.25, 0.3) is 0 Å². The molecule has 0 N–H and O–H groups in total. The van der Waals surface area contributed by atoms with Crippen molar-refractivity contribution in [3.05, 3.63) is 34.6 Å². The van der Waals surface area contributed by atoms with Gasteiger partial charge in [0.15, 0.2) is 0 Å². The topological polar surface area (TPSA) is 20.3 Å². The van der Waals surface area contributed by atoms with Crippen LogP contribution < -0.4 is 0 Å². The van der Waals surface area contributed by atoms with E-state index in [-0.39, 0.29) is 17.9 Å². The molecule has 0 aliphatic carbocycles. The van der Waals surface area contributed by atoms with E-state index < -0.39 is 5.82 Å². The Morgan fingerprint density at radius 2 is 2.22 bits per heavy atom. The summed E-state index contributed by atoms with van der Waals surface area (Å²) in [6.45, 7) is 3.21. The SMILES string of the molecule is CCN(CCCBr)C(=O)Cc1c(F)cccc1Cl. The number of hydrogen-bond donors (Lipinski definition) is 0. The molecule has 0 radical (unpaired) electrons. The van der Waals surface area contributed by atoms with Crippen LogP contribution in [0.1, 0.15) is 18.9 Å². The lowest BCUT2D eigenvalue weighted by molar-refractivity contribution is -0.130. The Kier molecular flexibility index (Phi) is 6.65. The van der Waals surface area contributed by atoms with Crippen molar-refractivity contribution >= 4 is 33.4 Å². The summed E-state index contributed by atoms with van der Waals surface area (Å²) >= 11 is 9.23. The Labute approximate surface area is 120 Å². The van der Waals surface area contributed by atoms with Crippen LogP contribution >= 0.6 is 27.5 Å². The first kappa shape index (κ1) is 15.4. The lowest BCUT2D eigenvalue weighted by atomic mass is 10.1. The smallest absolute Gasteiger partial charge is 0.227 e. The van der Waals surface area contributed by atoms with E-state index in [1.807, 2.05) is 6.92 Å². The minimum Gasteiger partial charge on any atom is -0.343 e. The second-order valence-electron chi connectivity index (χ2n) is 3.89. The van der Waals surface area contributed by atoms with E-state index in [4.69, 9.17) is 11.6 Å². The van der Waals surface area contributed by atoms with Crippen LogP contribution in [0.5, 0.6) is 0 Å². The maximum Gasteiger partial charge on any atom is 0.227 e. The molecule has 1 amide bonds. The van der Waals surface area contributed by atoms with Crippen molar-refractivity contribution < 1.29 is 9.18 Å². The highest BCUT2D eigenvalue weighted by Crippen LogP contribution is 2.20. The first-order valence-corrected chi connectivity index (χ1v) is 7.36. The normalized spacial score (nSPS) is 10.4. The van der Waals surface area contributed by atoms with Crippen LogP contribution in [0.15, 0.2) is 18.2 Å². The molecule has 0 bridgehead atoms. The standard InChI is InChI=1S/C13H16BrClFNO/c1-2-17(8-4-7-14)13(18)9-10-11(15)5-3-6-12(10)16/h3,5-6H,2,4,7-9H2,1H3. The molecule has 100 valence electrons. The van der Waals surface area contributed by atoms with E-state index in [0.717, 1.165) is 11.8 Å². The van der Waals surface area contributed by atoms with E-state index in [9.17, 15) is 9.18 Å². The molecule has 0 unspecified atom stereocenters. The monoisotopic (exact) mass is 335 g/mol. The average Bonchev–Trinajstić information content (AvgIpc) is 2.35. The number of carbonyl (C=O) groups is 1. The predicted molar refractivity (Wildman–Crippen MR) is 75.8 cm³/mol. The van der Waals surface area contributed by atoms with Gasteiger partial charge in [-0.05, 0) is 25.5 Å². The van der Waals surface area contributed by atoms with Gasteiger partial charge in [0.25, 0.3) is 0 Å². The first-order valence-electron chi connectivity index (χ1n) is 5.86. The van der Waals surface area contributed by atoms with E-state index in [0.29, 0.717) is 18.1 Å². The molecule has 0 fully saturated rings. The van der Waals surface area contributed by atoms with Gasteiger partial charge in [-0.15, -0.1) is 0 Å².